The zero-order valence-corrected chi connectivity index (χ0v) is 12.2. The minimum absolute atomic E-state index is 0.269. The maximum atomic E-state index is 12.5. The van der Waals surface area contributed by atoms with E-state index in [0.717, 1.165) is 11.1 Å². The Morgan fingerprint density at radius 1 is 1.32 bits per heavy atom. The van der Waals surface area contributed by atoms with Crippen LogP contribution in [-0.2, 0) is 4.79 Å². The number of carboxylic acid groups (broad SMARTS) is 1. The smallest absolute Gasteiger partial charge is 0.326 e. The maximum Gasteiger partial charge on any atom is 0.326 e. The van der Waals surface area contributed by atoms with Gasteiger partial charge in [0.05, 0.1) is 12.6 Å². The molecule has 1 aromatic heterocycles. The molecule has 1 aliphatic rings. The third kappa shape index (κ3) is 2.47. The number of rotatable bonds is 3. The summed E-state index contributed by atoms with van der Waals surface area (Å²) in [7, 11) is 1.59. The molecule has 1 fully saturated rings. The van der Waals surface area contributed by atoms with E-state index in [4.69, 9.17) is 4.74 Å². The third-order valence-electron chi connectivity index (χ3n) is 3.91. The Labute approximate surface area is 127 Å². The molecule has 22 heavy (non-hydrogen) atoms. The summed E-state index contributed by atoms with van der Waals surface area (Å²) in [5, 5.41) is 10.0. The number of nitrogens with zero attached hydrogens (tertiary/aromatic N) is 2. The number of likely N-dealkylation sites (tertiary alicyclic amines) is 1. The molecule has 6 heteroatoms. The first-order chi connectivity index (χ1) is 10.6. The fraction of sp³-hybridized carbons (Fsp3) is 0.312. The largest absolute Gasteiger partial charge is 0.497 e. The standard InChI is InChI=1S/C16H16N2O4/c1-22-11-5-7-12-10(9-11)4-6-13(17-12)15(19)18-8-2-3-14(18)16(20)21/h4-7,9,14H,2-3,8H2,1H3,(H,20,21)/t14-/m0/s1. The second-order valence-electron chi connectivity index (χ2n) is 5.25. The highest BCUT2D eigenvalue weighted by atomic mass is 16.5. The van der Waals surface area contributed by atoms with Gasteiger partial charge in [-0.2, -0.15) is 0 Å². The number of aromatic nitrogens is 1. The normalized spacial score (nSPS) is 17.7. The SMILES string of the molecule is COc1ccc2nc(C(=O)N3CCC[C@H]3C(=O)O)ccc2c1. The van der Waals surface area contributed by atoms with Gasteiger partial charge in [0.2, 0.25) is 0 Å². The molecule has 0 aliphatic carbocycles. The van der Waals surface area contributed by atoms with Crippen molar-refractivity contribution in [3.05, 3.63) is 36.0 Å². The lowest BCUT2D eigenvalue weighted by molar-refractivity contribution is -0.141. The molecule has 1 atom stereocenters. The molecular weight excluding hydrogens is 284 g/mol. The Bertz CT molecular complexity index is 744. The van der Waals surface area contributed by atoms with Crippen LogP contribution < -0.4 is 4.74 Å². The molecule has 2 heterocycles. The van der Waals surface area contributed by atoms with Gasteiger partial charge in [-0.25, -0.2) is 9.78 Å². The molecule has 3 rings (SSSR count). The van der Waals surface area contributed by atoms with Gasteiger partial charge < -0.3 is 14.7 Å². The van der Waals surface area contributed by atoms with E-state index in [-0.39, 0.29) is 11.6 Å². The molecule has 114 valence electrons. The van der Waals surface area contributed by atoms with Crippen molar-refractivity contribution in [2.24, 2.45) is 0 Å². The van der Waals surface area contributed by atoms with Gasteiger partial charge in [-0.1, -0.05) is 6.07 Å². The molecule has 1 aliphatic heterocycles. The number of hydrogen-bond donors (Lipinski definition) is 1. The number of hydrogen-bond acceptors (Lipinski definition) is 4. The molecule has 1 amide bonds. The number of amides is 1. The summed E-state index contributed by atoms with van der Waals surface area (Å²) in [5.74, 6) is -0.571. The van der Waals surface area contributed by atoms with Gasteiger partial charge in [-0.05, 0) is 37.1 Å². The van der Waals surface area contributed by atoms with Crippen molar-refractivity contribution < 1.29 is 19.4 Å². The van der Waals surface area contributed by atoms with Crippen LogP contribution in [0.5, 0.6) is 5.75 Å². The number of pyridine rings is 1. The highest BCUT2D eigenvalue weighted by Gasteiger charge is 2.34. The number of methoxy groups -OCH3 is 1. The summed E-state index contributed by atoms with van der Waals surface area (Å²) in [6.45, 7) is 0.456. The van der Waals surface area contributed by atoms with Crippen LogP contribution in [0.3, 0.4) is 0 Å². The van der Waals surface area contributed by atoms with E-state index in [2.05, 4.69) is 4.98 Å². The second kappa shape index (κ2) is 5.63. The quantitative estimate of drug-likeness (QED) is 0.937. The Kier molecular flexibility index (Phi) is 3.66. The van der Waals surface area contributed by atoms with E-state index in [9.17, 15) is 14.7 Å². The summed E-state index contributed by atoms with van der Waals surface area (Å²) < 4.78 is 5.15. The Morgan fingerprint density at radius 2 is 2.14 bits per heavy atom. The number of fused-ring (bicyclic) bond motifs is 1. The van der Waals surface area contributed by atoms with Crippen molar-refractivity contribution in [1.82, 2.24) is 9.88 Å². The Morgan fingerprint density at radius 3 is 2.86 bits per heavy atom. The maximum absolute atomic E-state index is 12.5. The van der Waals surface area contributed by atoms with Gasteiger partial charge in [-0.3, -0.25) is 4.79 Å². The lowest BCUT2D eigenvalue weighted by atomic mass is 10.1. The topological polar surface area (TPSA) is 79.7 Å². The molecule has 2 aromatic rings. The van der Waals surface area contributed by atoms with Gasteiger partial charge in [0, 0.05) is 11.9 Å². The molecule has 0 radical (unpaired) electrons. The number of ether oxygens (including phenoxy) is 1. The average molecular weight is 300 g/mol. The molecule has 0 saturated carbocycles. The first-order valence-corrected chi connectivity index (χ1v) is 7.09. The number of carbonyl (C=O) groups is 2. The molecule has 0 unspecified atom stereocenters. The molecule has 6 nitrogen and oxygen atoms in total. The molecule has 0 spiro atoms. The summed E-state index contributed by atoms with van der Waals surface area (Å²) >= 11 is 0. The van der Waals surface area contributed by atoms with Crippen LogP contribution in [0, 0.1) is 0 Å². The zero-order chi connectivity index (χ0) is 15.7. The second-order valence-corrected chi connectivity index (χ2v) is 5.25. The average Bonchev–Trinajstić information content (AvgIpc) is 3.03. The van der Waals surface area contributed by atoms with Crippen LogP contribution in [0.25, 0.3) is 10.9 Å². The number of aliphatic carboxylic acids is 1. The minimum Gasteiger partial charge on any atom is -0.497 e. The van der Waals surface area contributed by atoms with Crippen LogP contribution in [0.1, 0.15) is 23.3 Å². The first-order valence-electron chi connectivity index (χ1n) is 7.09. The van der Waals surface area contributed by atoms with Crippen molar-refractivity contribution in [1.29, 1.82) is 0 Å². The van der Waals surface area contributed by atoms with Crippen LogP contribution in [0.4, 0.5) is 0 Å². The Balaban J connectivity index is 1.92. The minimum atomic E-state index is -0.962. The summed E-state index contributed by atoms with van der Waals surface area (Å²) in [5.41, 5.74) is 0.948. The number of carbonyl (C=O) groups excluding carboxylic acids is 1. The van der Waals surface area contributed by atoms with Crippen molar-refractivity contribution in [3.63, 3.8) is 0 Å². The number of benzene rings is 1. The predicted octanol–water partition coefficient (Wildman–Crippen LogP) is 1.93. The van der Waals surface area contributed by atoms with Crippen LogP contribution in [0.15, 0.2) is 30.3 Å². The van der Waals surface area contributed by atoms with Crippen LogP contribution >= 0.6 is 0 Å². The zero-order valence-electron chi connectivity index (χ0n) is 12.2. The van der Waals surface area contributed by atoms with Gasteiger partial charge in [0.15, 0.2) is 0 Å². The van der Waals surface area contributed by atoms with Crippen molar-refractivity contribution in [2.75, 3.05) is 13.7 Å². The van der Waals surface area contributed by atoms with Crippen LogP contribution in [-0.4, -0.2) is 46.6 Å². The lowest BCUT2D eigenvalue weighted by Gasteiger charge is -2.21. The van der Waals surface area contributed by atoms with Gasteiger partial charge in [0.1, 0.15) is 17.5 Å². The molecule has 1 N–H and O–H groups in total. The third-order valence-corrected chi connectivity index (χ3v) is 3.91. The highest BCUT2D eigenvalue weighted by molar-refractivity contribution is 5.97. The lowest BCUT2D eigenvalue weighted by Crippen LogP contribution is -2.40. The van der Waals surface area contributed by atoms with Crippen LogP contribution in [0.2, 0.25) is 0 Å². The van der Waals surface area contributed by atoms with Gasteiger partial charge >= 0.3 is 5.97 Å². The van der Waals surface area contributed by atoms with E-state index in [1.165, 1.54) is 4.90 Å². The van der Waals surface area contributed by atoms with Crippen molar-refractivity contribution in [3.8, 4) is 5.75 Å². The molecule has 1 saturated heterocycles. The van der Waals surface area contributed by atoms with E-state index in [1.54, 1.807) is 31.4 Å². The highest BCUT2D eigenvalue weighted by Crippen LogP contribution is 2.23. The molecule has 1 aromatic carbocycles. The van der Waals surface area contributed by atoms with E-state index in [0.29, 0.717) is 24.9 Å². The number of carboxylic acids is 1. The molecule has 0 bridgehead atoms. The monoisotopic (exact) mass is 300 g/mol. The summed E-state index contributed by atoms with van der Waals surface area (Å²) in [4.78, 5) is 29.4. The molecular formula is C16H16N2O4. The summed E-state index contributed by atoms with van der Waals surface area (Å²) in [6.07, 6.45) is 1.19. The van der Waals surface area contributed by atoms with Crippen molar-refractivity contribution in [2.45, 2.75) is 18.9 Å². The summed E-state index contributed by atoms with van der Waals surface area (Å²) in [6, 6.07) is 8.07. The Hall–Kier alpha value is -2.63. The van der Waals surface area contributed by atoms with Gasteiger partial charge in [-0.15, -0.1) is 0 Å². The van der Waals surface area contributed by atoms with Gasteiger partial charge in [0.25, 0.3) is 5.91 Å². The van der Waals surface area contributed by atoms with E-state index in [1.807, 2.05) is 6.07 Å². The fourth-order valence-corrected chi connectivity index (χ4v) is 2.76. The van der Waals surface area contributed by atoms with E-state index < -0.39 is 12.0 Å². The van der Waals surface area contributed by atoms with E-state index >= 15 is 0 Å². The van der Waals surface area contributed by atoms with Crippen molar-refractivity contribution >= 4 is 22.8 Å². The predicted molar refractivity (Wildman–Crippen MR) is 80.0 cm³/mol. The fourth-order valence-electron chi connectivity index (χ4n) is 2.76. The first kappa shape index (κ1) is 14.3.